The summed E-state index contributed by atoms with van der Waals surface area (Å²) in [5.41, 5.74) is -1.41. The number of aromatic nitrogens is 3. The second kappa shape index (κ2) is 9.87. The number of hydroxylamine groups is 1. The maximum absolute atomic E-state index is 13.0. The molecule has 2 amide bonds. The fraction of sp³-hybridized carbons (Fsp3) is 0.474. The van der Waals surface area contributed by atoms with Crippen molar-refractivity contribution in [1.29, 1.82) is 0 Å². The average Bonchev–Trinajstić information content (AvgIpc) is 2.79. The first-order valence-corrected chi connectivity index (χ1v) is 10.0. The first kappa shape index (κ1) is 25.3. The Kier molecular flexibility index (Phi) is 7.33. The Morgan fingerprint density at radius 2 is 1.74 bits per heavy atom. The van der Waals surface area contributed by atoms with Gasteiger partial charge in [-0.25, -0.2) is 20.2 Å². The third-order valence-electron chi connectivity index (χ3n) is 5.08. The van der Waals surface area contributed by atoms with Crippen LogP contribution in [0.1, 0.15) is 36.1 Å². The molecule has 9 nitrogen and oxygen atoms in total. The number of hydrogen-bond donors (Lipinski definition) is 2. The summed E-state index contributed by atoms with van der Waals surface area (Å²) in [6.45, 7) is 2.45. The maximum atomic E-state index is 13.0. The highest BCUT2D eigenvalue weighted by atomic mass is 19.4. The molecule has 15 heteroatoms. The Balaban J connectivity index is 1.55. The van der Waals surface area contributed by atoms with Crippen LogP contribution in [0.5, 0.6) is 0 Å². The number of nitrogens with zero attached hydrogens (tertiary/aromatic N) is 4. The summed E-state index contributed by atoms with van der Waals surface area (Å²) in [4.78, 5) is 41.5. The van der Waals surface area contributed by atoms with Crippen molar-refractivity contribution in [3.8, 4) is 0 Å². The van der Waals surface area contributed by atoms with Gasteiger partial charge >= 0.3 is 18.4 Å². The number of halogens is 6. The van der Waals surface area contributed by atoms with Gasteiger partial charge in [0.05, 0.1) is 5.56 Å². The van der Waals surface area contributed by atoms with Gasteiger partial charge in [-0.15, -0.1) is 0 Å². The van der Waals surface area contributed by atoms with Crippen molar-refractivity contribution in [3.05, 3.63) is 51.7 Å². The first-order valence-electron chi connectivity index (χ1n) is 10.0. The van der Waals surface area contributed by atoms with Gasteiger partial charge in [0.25, 0.3) is 5.56 Å². The number of pyridine rings is 1. The Morgan fingerprint density at radius 3 is 2.26 bits per heavy atom. The fourth-order valence-electron chi connectivity index (χ4n) is 3.21. The minimum Gasteiger partial charge on any atom is -0.337 e. The van der Waals surface area contributed by atoms with Crippen molar-refractivity contribution < 1.29 is 36.0 Å². The lowest BCUT2D eigenvalue weighted by molar-refractivity contribution is -0.139. The highest BCUT2D eigenvalue weighted by molar-refractivity contribution is 5.73. The number of alkyl halides is 6. The number of aromatic amines is 1. The van der Waals surface area contributed by atoms with Crippen LogP contribution in [-0.2, 0) is 17.2 Å². The van der Waals surface area contributed by atoms with E-state index in [0.717, 1.165) is 6.20 Å². The molecule has 0 spiro atoms. The zero-order valence-electron chi connectivity index (χ0n) is 17.7. The summed E-state index contributed by atoms with van der Waals surface area (Å²) in [6.07, 6.45) is -7.70. The topological polar surface area (TPSA) is 103 Å². The number of nitrogens with one attached hydrogen (secondary N) is 2. The van der Waals surface area contributed by atoms with Crippen molar-refractivity contribution in [2.75, 3.05) is 31.1 Å². The Hall–Kier alpha value is -3.36. The van der Waals surface area contributed by atoms with Crippen molar-refractivity contribution in [2.24, 2.45) is 0 Å². The highest BCUT2D eigenvalue weighted by Crippen LogP contribution is 2.30. The minimum absolute atomic E-state index is 0.0268. The predicted molar refractivity (Wildman–Crippen MR) is 106 cm³/mol. The minimum atomic E-state index is -4.85. The van der Waals surface area contributed by atoms with Gasteiger partial charge in [0, 0.05) is 50.3 Å². The number of urea groups is 1. The lowest BCUT2D eigenvalue weighted by Crippen LogP contribution is -2.52. The first-order chi connectivity index (χ1) is 15.9. The number of hydrogen-bond acceptors (Lipinski definition) is 6. The molecular formula is C19H20F6N6O3. The summed E-state index contributed by atoms with van der Waals surface area (Å²) in [7, 11) is 0. The third-order valence-corrected chi connectivity index (χ3v) is 5.08. The number of carbonyl (C=O) groups is 1. The van der Waals surface area contributed by atoms with E-state index >= 15 is 0 Å². The molecule has 0 radical (unpaired) electrons. The van der Waals surface area contributed by atoms with Crippen LogP contribution in [0.25, 0.3) is 0 Å². The number of anilines is 1. The number of piperazine rings is 1. The molecule has 2 aromatic rings. The third kappa shape index (κ3) is 5.95. The SMILES string of the molecule is CCC(ONC(=O)N1CCN(c2ncc(C(F)(F)F)cn2)CC1)c1c[nH]c(=O)c(C(F)(F)F)c1. The second-order valence-electron chi connectivity index (χ2n) is 7.34. The zero-order chi connectivity index (χ0) is 25.1. The molecule has 0 aromatic carbocycles. The van der Waals surface area contributed by atoms with E-state index in [1.807, 2.05) is 4.98 Å². The summed E-state index contributed by atoms with van der Waals surface area (Å²) in [5, 5.41) is 0. The molecule has 186 valence electrons. The summed E-state index contributed by atoms with van der Waals surface area (Å²) >= 11 is 0. The Morgan fingerprint density at radius 1 is 1.12 bits per heavy atom. The lowest BCUT2D eigenvalue weighted by atomic mass is 10.1. The molecule has 3 heterocycles. The van der Waals surface area contributed by atoms with Gasteiger partial charge in [-0.2, -0.15) is 26.3 Å². The second-order valence-corrected chi connectivity index (χ2v) is 7.34. The number of H-pyrrole nitrogens is 1. The highest BCUT2D eigenvalue weighted by Gasteiger charge is 2.35. The van der Waals surface area contributed by atoms with Crippen LogP contribution in [0.2, 0.25) is 0 Å². The van der Waals surface area contributed by atoms with Gasteiger partial charge in [-0.1, -0.05) is 6.92 Å². The van der Waals surface area contributed by atoms with E-state index in [2.05, 4.69) is 15.4 Å². The van der Waals surface area contributed by atoms with Crippen LogP contribution >= 0.6 is 0 Å². The van der Waals surface area contributed by atoms with Crippen LogP contribution in [0, 0.1) is 0 Å². The molecule has 34 heavy (non-hydrogen) atoms. The predicted octanol–water partition coefficient (Wildman–Crippen LogP) is 3.12. The molecule has 0 aliphatic carbocycles. The average molecular weight is 494 g/mol. The molecule has 1 unspecified atom stereocenters. The molecule has 2 N–H and O–H groups in total. The quantitative estimate of drug-likeness (QED) is 0.489. The van der Waals surface area contributed by atoms with Crippen LogP contribution in [0.15, 0.2) is 29.5 Å². The van der Waals surface area contributed by atoms with E-state index in [9.17, 15) is 35.9 Å². The lowest BCUT2D eigenvalue weighted by Gasteiger charge is -2.34. The van der Waals surface area contributed by atoms with E-state index in [4.69, 9.17) is 4.84 Å². The van der Waals surface area contributed by atoms with E-state index in [0.29, 0.717) is 18.5 Å². The Bertz CT molecular complexity index is 1050. The maximum Gasteiger partial charge on any atom is 0.421 e. The van der Waals surface area contributed by atoms with E-state index in [-0.39, 0.29) is 44.1 Å². The van der Waals surface area contributed by atoms with Crippen molar-refractivity contribution >= 4 is 12.0 Å². The summed E-state index contributed by atoms with van der Waals surface area (Å²) < 4.78 is 76.8. The molecular weight excluding hydrogens is 474 g/mol. The summed E-state index contributed by atoms with van der Waals surface area (Å²) in [5.74, 6) is 0.0916. The van der Waals surface area contributed by atoms with Crippen LogP contribution < -0.4 is 15.9 Å². The molecule has 0 bridgehead atoms. The van der Waals surface area contributed by atoms with Gasteiger partial charge in [-0.3, -0.25) is 9.63 Å². The van der Waals surface area contributed by atoms with Crippen LogP contribution in [0.4, 0.5) is 37.1 Å². The van der Waals surface area contributed by atoms with Crippen LogP contribution in [-0.4, -0.2) is 52.1 Å². The molecule has 1 aliphatic rings. The zero-order valence-corrected chi connectivity index (χ0v) is 17.7. The Labute approximate surface area is 188 Å². The normalized spacial score (nSPS) is 15.9. The van der Waals surface area contributed by atoms with Crippen molar-refractivity contribution in [1.82, 2.24) is 25.3 Å². The van der Waals surface area contributed by atoms with Gasteiger partial charge < -0.3 is 14.8 Å². The van der Waals surface area contributed by atoms with Crippen molar-refractivity contribution in [2.45, 2.75) is 31.8 Å². The number of amides is 2. The van der Waals surface area contributed by atoms with Gasteiger partial charge in [-0.05, 0) is 12.5 Å². The smallest absolute Gasteiger partial charge is 0.337 e. The van der Waals surface area contributed by atoms with E-state index in [1.165, 1.54) is 4.90 Å². The fourth-order valence-corrected chi connectivity index (χ4v) is 3.21. The van der Waals surface area contributed by atoms with E-state index in [1.54, 1.807) is 11.8 Å². The van der Waals surface area contributed by atoms with E-state index < -0.39 is 41.2 Å². The summed E-state index contributed by atoms with van der Waals surface area (Å²) in [6, 6.07) is 0.0223. The molecule has 1 atom stereocenters. The monoisotopic (exact) mass is 494 g/mol. The van der Waals surface area contributed by atoms with Crippen LogP contribution in [0.3, 0.4) is 0 Å². The molecule has 0 saturated carbocycles. The largest absolute Gasteiger partial charge is 0.421 e. The molecule has 3 rings (SSSR count). The van der Waals surface area contributed by atoms with Gasteiger partial charge in [0.2, 0.25) is 5.95 Å². The van der Waals surface area contributed by atoms with Gasteiger partial charge in [0.15, 0.2) is 0 Å². The molecule has 1 saturated heterocycles. The molecule has 1 fully saturated rings. The standard InChI is InChI=1S/C19H20F6N6O3/c1-2-14(11-7-13(19(23,24)25)15(32)26-8-11)34-29-17(33)31-5-3-30(4-6-31)16-27-9-12(10-28-16)18(20,21)22/h7-10,14H,2-6H2,1H3,(H,26,32)(H,29,33). The number of rotatable bonds is 5. The molecule has 2 aromatic heterocycles. The molecule has 1 aliphatic heterocycles. The van der Waals surface area contributed by atoms with Gasteiger partial charge in [0.1, 0.15) is 11.7 Å². The number of carbonyl (C=O) groups excluding carboxylic acids is 1. The van der Waals surface area contributed by atoms with Crippen molar-refractivity contribution in [3.63, 3.8) is 0 Å².